The van der Waals surface area contributed by atoms with Crippen molar-refractivity contribution in [1.82, 2.24) is 0 Å². The summed E-state index contributed by atoms with van der Waals surface area (Å²) in [4.78, 5) is 11.3. The largest absolute Gasteiger partial charge is 0.326 e. The van der Waals surface area contributed by atoms with E-state index in [1.807, 2.05) is 30.5 Å². The van der Waals surface area contributed by atoms with Crippen LogP contribution in [0.15, 0.2) is 24.3 Å². The Morgan fingerprint density at radius 2 is 2.07 bits per heavy atom. The van der Waals surface area contributed by atoms with E-state index in [0.29, 0.717) is 6.42 Å². The lowest BCUT2D eigenvalue weighted by Gasteiger charge is -2.03. The van der Waals surface area contributed by atoms with Crippen LogP contribution in [0.4, 0.5) is 5.69 Å². The summed E-state index contributed by atoms with van der Waals surface area (Å²) in [7, 11) is 0. The van der Waals surface area contributed by atoms with Gasteiger partial charge in [-0.1, -0.05) is 0 Å². The van der Waals surface area contributed by atoms with E-state index in [1.165, 1.54) is 3.57 Å². The van der Waals surface area contributed by atoms with Crippen molar-refractivity contribution in [3.05, 3.63) is 27.8 Å². The van der Waals surface area contributed by atoms with Crippen molar-refractivity contribution in [3.63, 3.8) is 0 Å². The molecule has 1 rings (SSSR count). The van der Waals surface area contributed by atoms with Gasteiger partial charge < -0.3 is 5.32 Å². The van der Waals surface area contributed by atoms with Crippen molar-refractivity contribution >= 4 is 45.9 Å². The Bertz CT molecular complexity index is 299. The first-order valence-electron chi connectivity index (χ1n) is 4.26. The maximum absolute atomic E-state index is 11.3. The molecular weight excluding hydrogens is 309 g/mol. The summed E-state index contributed by atoms with van der Waals surface area (Å²) in [5.41, 5.74) is 0.872. The number of halogens is 1. The molecule has 14 heavy (non-hydrogen) atoms. The van der Waals surface area contributed by atoms with Crippen molar-refractivity contribution < 1.29 is 4.79 Å². The Hall–Kier alpha value is -0.230. The fraction of sp³-hybridized carbons (Fsp3) is 0.300. The van der Waals surface area contributed by atoms with Crippen molar-refractivity contribution in [3.8, 4) is 0 Å². The van der Waals surface area contributed by atoms with Gasteiger partial charge in [0.25, 0.3) is 0 Å². The molecule has 1 amide bonds. The highest BCUT2D eigenvalue weighted by atomic mass is 127. The van der Waals surface area contributed by atoms with Gasteiger partial charge in [-0.15, -0.1) is 0 Å². The number of carbonyl (C=O) groups is 1. The summed E-state index contributed by atoms with van der Waals surface area (Å²) in [5.74, 6) is 0.955. The van der Waals surface area contributed by atoms with Crippen LogP contribution >= 0.6 is 34.4 Å². The molecule has 0 atom stereocenters. The number of hydrogen-bond acceptors (Lipinski definition) is 2. The number of nitrogens with one attached hydrogen (secondary N) is 1. The zero-order valence-electron chi connectivity index (χ0n) is 7.92. The number of thioether (sulfide) groups is 1. The molecule has 4 heteroatoms. The lowest BCUT2D eigenvalue weighted by atomic mass is 10.3. The number of benzene rings is 1. The van der Waals surface area contributed by atoms with Crippen LogP contribution in [0, 0.1) is 3.57 Å². The zero-order chi connectivity index (χ0) is 10.4. The number of rotatable bonds is 4. The highest BCUT2D eigenvalue weighted by Gasteiger charge is 2.00. The minimum absolute atomic E-state index is 0.0839. The third kappa shape index (κ3) is 4.32. The monoisotopic (exact) mass is 321 g/mol. The van der Waals surface area contributed by atoms with Gasteiger partial charge in [0.05, 0.1) is 0 Å². The lowest BCUT2D eigenvalue weighted by Crippen LogP contribution is -2.11. The van der Waals surface area contributed by atoms with E-state index in [4.69, 9.17) is 0 Å². The highest BCUT2D eigenvalue weighted by Crippen LogP contribution is 2.11. The second-order valence-corrected chi connectivity index (χ2v) is 5.03. The topological polar surface area (TPSA) is 29.1 Å². The van der Waals surface area contributed by atoms with Crippen molar-refractivity contribution in [2.75, 3.05) is 17.3 Å². The van der Waals surface area contributed by atoms with Gasteiger partial charge in [-0.3, -0.25) is 4.79 Å². The molecule has 0 saturated heterocycles. The highest BCUT2D eigenvalue weighted by molar-refractivity contribution is 14.1. The van der Waals surface area contributed by atoms with Crippen LogP contribution in [-0.4, -0.2) is 17.9 Å². The Kier molecular flexibility index (Phi) is 5.32. The molecule has 76 valence electrons. The van der Waals surface area contributed by atoms with Crippen molar-refractivity contribution in [1.29, 1.82) is 0 Å². The van der Waals surface area contributed by atoms with Gasteiger partial charge in [-0.05, 0) is 53.1 Å². The normalized spacial score (nSPS) is 9.86. The summed E-state index contributed by atoms with van der Waals surface area (Å²) in [6, 6.07) is 7.78. The summed E-state index contributed by atoms with van der Waals surface area (Å²) in [6.07, 6.45) is 2.57. The standard InChI is InChI=1S/C10H12INOS/c1-14-7-6-10(13)12-9-4-2-8(11)3-5-9/h2-5H,6-7H2,1H3,(H,12,13). The van der Waals surface area contributed by atoms with Crippen LogP contribution < -0.4 is 5.32 Å². The second kappa shape index (κ2) is 6.29. The zero-order valence-corrected chi connectivity index (χ0v) is 10.9. The first-order chi connectivity index (χ1) is 6.72. The van der Waals surface area contributed by atoms with Gasteiger partial charge in [0.15, 0.2) is 0 Å². The minimum atomic E-state index is 0.0839. The molecule has 0 aliphatic heterocycles. The van der Waals surface area contributed by atoms with Crippen LogP contribution in [0.1, 0.15) is 6.42 Å². The molecule has 1 aromatic carbocycles. The summed E-state index contributed by atoms with van der Waals surface area (Å²) < 4.78 is 1.17. The van der Waals surface area contributed by atoms with Gasteiger partial charge in [0.2, 0.25) is 5.91 Å². The third-order valence-corrected chi connectivity index (χ3v) is 2.99. The maximum atomic E-state index is 11.3. The lowest BCUT2D eigenvalue weighted by molar-refractivity contribution is -0.115. The molecule has 0 spiro atoms. The average molecular weight is 321 g/mol. The summed E-state index contributed by atoms with van der Waals surface area (Å²) in [5, 5.41) is 2.85. The molecule has 2 nitrogen and oxygen atoms in total. The summed E-state index contributed by atoms with van der Waals surface area (Å²) in [6.45, 7) is 0. The van der Waals surface area contributed by atoms with Gasteiger partial charge in [-0.2, -0.15) is 11.8 Å². The smallest absolute Gasteiger partial charge is 0.225 e. The Balaban J connectivity index is 2.44. The van der Waals surface area contributed by atoms with Crippen LogP contribution in [0.3, 0.4) is 0 Å². The molecule has 0 fully saturated rings. The van der Waals surface area contributed by atoms with Crippen LogP contribution in [0.25, 0.3) is 0 Å². The molecule has 0 heterocycles. The molecule has 0 saturated carbocycles. The van der Waals surface area contributed by atoms with E-state index in [-0.39, 0.29) is 5.91 Å². The van der Waals surface area contributed by atoms with Crippen LogP contribution in [-0.2, 0) is 4.79 Å². The fourth-order valence-electron chi connectivity index (χ4n) is 0.951. The first-order valence-corrected chi connectivity index (χ1v) is 6.74. The van der Waals surface area contributed by atoms with Crippen molar-refractivity contribution in [2.24, 2.45) is 0 Å². The van der Waals surface area contributed by atoms with Gasteiger partial charge in [0, 0.05) is 21.4 Å². The predicted molar refractivity (Wildman–Crippen MR) is 70.8 cm³/mol. The molecule has 1 aromatic rings. The van der Waals surface area contributed by atoms with Gasteiger partial charge >= 0.3 is 0 Å². The molecule has 0 bridgehead atoms. The van der Waals surface area contributed by atoms with E-state index < -0.39 is 0 Å². The van der Waals surface area contributed by atoms with E-state index in [2.05, 4.69) is 27.9 Å². The molecule has 1 N–H and O–H groups in total. The number of hydrogen-bond donors (Lipinski definition) is 1. The van der Waals surface area contributed by atoms with Crippen LogP contribution in [0.2, 0.25) is 0 Å². The Morgan fingerprint density at radius 3 is 2.64 bits per heavy atom. The van der Waals surface area contributed by atoms with E-state index in [0.717, 1.165) is 11.4 Å². The fourth-order valence-corrected chi connectivity index (χ4v) is 1.70. The molecule has 0 unspecified atom stereocenters. The van der Waals surface area contributed by atoms with Gasteiger partial charge in [0.1, 0.15) is 0 Å². The minimum Gasteiger partial charge on any atom is -0.326 e. The summed E-state index contributed by atoms with van der Waals surface area (Å²) >= 11 is 3.92. The number of anilines is 1. The Morgan fingerprint density at radius 1 is 1.43 bits per heavy atom. The van der Waals surface area contributed by atoms with Crippen LogP contribution in [0.5, 0.6) is 0 Å². The maximum Gasteiger partial charge on any atom is 0.225 e. The number of carbonyl (C=O) groups excluding carboxylic acids is 1. The van der Waals surface area contributed by atoms with E-state index in [9.17, 15) is 4.79 Å². The molecular formula is C10H12INOS. The second-order valence-electron chi connectivity index (χ2n) is 2.80. The molecule has 0 aromatic heterocycles. The average Bonchev–Trinajstić information content (AvgIpc) is 2.18. The van der Waals surface area contributed by atoms with Crippen molar-refractivity contribution in [2.45, 2.75) is 6.42 Å². The molecule has 0 radical (unpaired) electrons. The predicted octanol–water partition coefficient (Wildman–Crippen LogP) is 2.98. The molecule has 0 aliphatic carbocycles. The van der Waals surface area contributed by atoms with Gasteiger partial charge in [-0.25, -0.2) is 0 Å². The quantitative estimate of drug-likeness (QED) is 0.864. The Labute approximate surface area is 102 Å². The van der Waals surface area contributed by atoms with E-state index >= 15 is 0 Å². The first kappa shape index (κ1) is 11.8. The van der Waals surface area contributed by atoms with E-state index in [1.54, 1.807) is 11.8 Å². The SMILES string of the molecule is CSCCC(=O)Nc1ccc(I)cc1. The number of amides is 1. The third-order valence-electron chi connectivity index (χ3n) is 1.66. The molecule has 0 aliphatic rings.